The summed E-state index contributed by atoms with van der Waals surface area (Å²) in [5.74, 6) is -0.0922. The predicted octanol–water partition coefficient (Wildman–Crippen LogP) is 3.49. The highest BCUT2D eigenvalue weighted by atomic mass is 79.9. The molecule has 0 aliphatic heterocycles. The van der Waals surface area contributed by atoms with Crippen LogP contribution in [-0.4, -0.2) is 0 Å². The Kier molecular flexibility index (Phi) is 5.21. The molecule has 0 aliphatic rings. The summed E-state index contributed by atoms with van der Waals surface area (Å²) in [7, 11) is -1.77. The Balaban J connectivity index is 0.00000220. The van der Waals surface area contributed by atoms with Crippen LogP contribution in [0.2, 0.25) is 0 Å². The van der Waals surface area contributed by atoms with Crippen LogP contribution in [0.5, 0.6) is 0 Å². The van der Waals surface area contributed by atoms with E-state index in [0.29, 0.717) is 9.58 Å². The molecule has 0 spiro atoms. The zero-order valence-electron chi connectivity index (χ0n) is 12.8. The van der Waals surface area contributed by atoms with E-state index < -0.39 is 16.0 Å². The van der Waals surface area contributed by atoms with Gasteiger partial charge >= 0.3 is 5.51 Å². The molecule has 1 aromatic carbocycles. The fourth-order valence-electron chi connectivity index (χ4n) is 2.30. The normalized spacial score (nSPS) is 13.7. The third-order valence-corrected chi connectivity index (χ3v) is 5.75. The highest BCUT2D eigenvalue weighted by molar-refractivity contribution is 7.38. The topological polar surface area (TPSA) is 0 Å². The fourth-order valence-corrected chi connectivity index (χ4v) is 4.39. The molecule has 1 unspecified atom stereocenters. The minimum atomic E-state index is -4.20. The fraction of sp³-hybridized carbons (Fsp3) is 0.500. The first-order chi connectivity index (χ1) is 9.01. The average molecular weight is 381 g/mol. The molecule has 0 aliphatic carbocycles. The van der Waals surface area contributed by atoms with Gasteiger partial charge in [-0.25, -0.2) is 0 Å². The number of rotatable bonds is 1. The second-order valence-corrected chi connectivity index (χ2v) is 8.44. The van der Waals surface area contributed by atoms with E-state index in [1.807, 2.05) is 46.8 Å². The predicted molar refractivity (Wildman–Crippen MR) is 80.5 cm³/mol. The largest absolute Gasteiger partial charge is 1.00 e. The molecule has 0 bridgehead atoms. The van der Waals surface area contributed by atoms with E-state index in [0.717, 1.165) is 10.9 Å². The Hall–Kier alpha value is -0.550. The highest BCUT2D eigenvalue weighted by Crippen LogP contribution is 2.53. The van der Waals surface area contributed by atoms with Crippen molar-refractivity contribution in [3.63, 3.8) is 0 Å². The van der Waals surface area contributed by atoms with Crippen LogP contribution in [-0.2, 0) is 10.9 Å². The van der Waals surface area contributed by atoms with E-state index in [-0.39, 0.29) is 28.3 Å². The molecule has 0 saturated carbocycles. The van der Waals surface area contributed by atoms with Gasteiger partial charge in [0.15, 0.2) is 9.58 Å². The van der Waals surface area contributed by atoms with Crippen LogP contribution in [0, 0.1) is 0 Å². The smallest absolute Gasteiger partial charge is 0.600 e. The van der Waals surface area contributed by atoms with Crippen LogP contribution < -0.4 is 17.0 Å². The van der Waals surface area contributed by atoms with Crippen molar-refractivity contribution < 1.29 is 30.2 Å². The number of thiophene rings is 1. The van der Waals surface area contributed by atoms with Gasteiger partial charge in [0.1, 0.15) is 0 Å². The summed E-state index contributed by atoms with van der Waals surface area (Å²) in [5, 5.41) is 0.724. The van der Waals surface area contributed by atoms with Crippen LogP contribution in [0.1, 0.15) is 51.0 Å². The van der Waals surface area contributed by atoms with Crippen molar-refractivity contribution in [3.8, 4) is 0 Å². The Morgan fingerprint density at radius 1 is 1.00 bits per heavy atom. The molecule has 0 fully saturated rings. The summed E-state index contributed by atoms with van der Waals surface area (Å²) < 4.78 is 40.8. The number of benzene rings is 1. The summed E-state index contributed by atoms with van der Waals surface area (Å²) in [6, 6.07) is 7.24. The van der Waals surface area contributed by atoms with Crippen LogP contribution in [0.3, 0.4) is 0 Å². The Morgan fingerprint density at radius 3 is 2.00 bits per heavy atom. The molecule has 21 heavy (non-hydrogen) atoms. The third kappa shape index (κ3) is 3.62. The second-order valence-electron chi connectivity index (χ2n) is 6.46. The van der Waals surface area contributed by atoms with E-state index in [1.54, 1.807) is 12.1 Å². The van der Waals surface area contributed by atoms with Crippen molar-refractivity contribution in [2.45, 2.75) is 51.5 Å². The minimum Gasteiger partial charge on any atom is -1.00 e. The molecule has 2 rings (SSSR count). The number of fused-ring (bicyclic) bond motifs is 1. The van der Waals surface area contributed by atoms with Gasteiger partial charge in [-0.3, -0.25) is 0 Å². The van der Waals surface area contributed by atoms with Gasteiger partial charge in [-0.2, -0.15) is 0 Å². The standard InChI is InChI=1S/C16H20F3S.BrH/c1-10(2)13-8-11-6-7-12(15(3,4)5)9-14(11)20(13)16(17,18)19;/h6-10H,1-5H3;1H/q+1;/p-1. The van der Waals surface area contributed by atoms with Crippen molar-refractivity contribution in [1.82, 2.24) is 0 Å². The lowest BCUT2D eigenvalue weighted by Gasteiger charge is -2.18. The maximum Gasteiger partial charge on any atom is 0.600 e. The van der Waals surface area contributed by atoms with Gasteiger partial charge < -0.3 is 17.0 Å². The van der Waals surface area contributed by atoms with Crippen LogP contribution in [0.25, 0.3) is 10.1 Å². The lowest BCUT2D eigenvalue weighted by atomic mass is 9.87. The third-order valence-electron chi connectivity index (χ3n) is 3.43. The first kappa shape index (κ1) is 18.5. The summed E-state index contributed by atoms with van der Waals surface area (Å²) in [5.41, 5.74) is -3.38. The summed E-state index contributed by atoms with van der Waals surface area (Å²) in [6.45, 7) is 9.72. The Bertz CT molecular complexity index is 633. The first-order valence-electron chi connectivity index (χ1n) is 6.69. The van der Waals surface area contributed by atoms with E-state index in [1.165, 1.54) is 0 Å². The quantitative estimate of drug-likeness (QED) is 0.664. The van der Waals surface area contributed by atoms with Gasteiger partial charge in [-0.1, -0.05) is 40.7 Å². The Labute approximate surface area is 137 Å². The zero-order valence-corrected chi connectivity index (χ0v) is 15.2. The molecular weight excluding hydrogens is 361 g/mol. The van der Waals surface area contributed by atoms with Crippen molar-refractivity contribution in [2.75, 3.05) is 0 Å². The lowest BCUT2D eigenvalue weighted by Crippen LogP contribution is -3.00. The van der Waals surface area contributed by atoms with Gasteiger partial charge in [-0.15, -0.1) is 13.2 Å². The molecule has 0 saturated heterocycles. The van der Waals surface area contributed by atoms with E-state index >= 15 is 0 Å². The first-order valence-corrected chi connectivity index (χ1v) is 7.91. The van der Waals surface area contributed by atoms with Crippen LogP contribution in [0.4, 0.5) is 13.2 Å². The van der Waals surface area contributed by atoms with Gasteiger partial charge in [0.2, 0.25) is 0 Å². The van der Waals surface area contributed by atoms with Gasteiger partial charge in [-0.05, 0) is 17.0 Å². The van der Waals surface area contributed by atoms with Crippen molar-refractivity contribution in [2.24, 2.45) is 0 Å². The minimum absolute atomic E-state index is 0. The summed E-state index contributed by atoms with van der Waals surface area (Å²) >= 11 is 0. The molecule has 2 aromatic rings. The van der Waals surface area contributed by atoms with E-state index in [2.05, 4.69) is 0 Å². The zero-order chi connectivity index (χ0) is 15.3. The van der Waals surface area contributed by atoms with Crippen LogP contribution in [0.15, 0.2) is 24.3 Å². The van der Waals surface area contributed by atoms with Crippen LogP contribution >= 0.6 is 10.5 Å². The van der Waals surface area contributed by atoms with Crippen molar-refractivity contribution >= 4 is 20.6 Å². The maximum absolute atomic E-state index is 13.4. The highest BCUT2D eigenvalue weighted by Gasteiger charge is 2.48. The van der Waals surface area contributed by atoms with Gasteiger partial charge in [0, 0.05) is 23.4 Å². The Morgan fingerprint density at radius 2 is 1.57 bits per heavy atom. The van der Waals surface area contributed by atoms with Crippen molar-refractivity contribution in [3.05, 3.63) is 34.7 Å². The molecule has 1 heterocycles. The molecular formula is C16H20BrF3S. The summed E-state index contributed by atoms with van der Waals surface area (Å²) in [4.78, 5) is 0.499. The SMILES string of the molecule is CC(C)c1cc2ccc(C(C)(C)C)cc2[s+]1C(F)(F)F.[Br-]. The maximum atomic E-state index is 13.4. The molecule has 1 atom stereocenters. The average Bonchev–Trinajstić information content (AvgIpc) is 2.65. The van der Waals surface area contributed by atoms with Gasteiger partial charge in [0.05, 0.1) is 10.5 Å². The molecule has 0 N–H and O–H groups in total. The van der Waals surface area contributed by atoms with Crippen molar-refractivity contribution in [1.29, 1.82) is 0 Å². The molecule has 5 heteroatoms. The van der Waals surface area contributed by atoms with E-state index in [9.17, 15) is 13.2 Å². The monoisotopic (exact) mass is 380 g/mol. The molecule has 1 aromatic heterocycles. The molecule has 0 radical (unpaired) electrons. The molecule has 118 valence electrons. The number of alkyl halides is 3. The number of hydrogen-bond donors (Lipinski definition) is 0. The summed E-state index contributed by atoms with van der Waals surface area (Å²) in [6.07, 6.45) is 0. The molecule has 0 nitrogen and oxygen atoms in total. The second kappa shape index (κ2) is 5.92. The molecule has 0 amide bonds. The number of hydrogen-bond acceptors (Lipinski definition) is 0. The van der Waals surface area contributed by atoms with E-state index in [4.69, 9.17) is 0 Å². The lowest BCUT2D eigenvalue weighted by molar-refractivity contribution is -0.0868. The van der Waals surface area contributed by atoms with Gasteiger partial charge in [0.25, 0.3) is 0 Å². The number of halogens is 4.